The number of carbonyl (C=O) groups is 1. The number of thioether (sulfide) groups is 1. The van der Waals surface area contributed by atoms with E-state index in [1.165, 1.54) is 11.8 Å². The van der Waals surface area contributed by atoms with Gasteiger partial charge in [0.25, 0.3) is 5.91 Å². The van der Waals surface area contributed by atoms with Crippen LogP contribution in [0.1, 0.15) is 23.6 Å². The first-order valence-electron chi connectivity index (χ1n) is 8.61. The van der Waals surface area contributed by atoms with Gasteiger partial charge in [-0.25, -0.2) is 0 Å². The first-order valence-corrected chi connectivity index (χ1v) is 9.83. The average Bonchev–Trinajstić information content (AvgIpc) is 2.90. The van der Waals surface area contributed by atoms with E-state index in [2.05, 4.69) is 0 Å². The zero-order chi connectivity index (χ0) is 19.6. The lowest BCUT2D eigenvalue weighted by Gasteiger charge is -2.19. The Morgan fingerprint density at radius 1 is 1.15 bits per heavy atom. The molecular weight excluding hydrogens is 378 g/mol. The second-order valence-electron chi connectivity index (χ2n) is 6.10. The molecule has 1 heterocycles. The predicted octanol–water partition coefficient (Wildman–Crippen LogP) is 5.12. The summed E-state index contributed by atoms with van der Waals surface area (Å²) < 4.78 is 11.5. The quantitative estimate of drug-likeness (QED) is 0.516. The molecule has 140 valence electrons. The van der Waals surface area contributed by atoms with Crippen LogP contribution in [0, 0.1) is 13.8 Å². The number of nitrogens with zero attached hydrogens (tertiary/aromatic N) is 1. The lowest BCUT2D eigenvalue weighted by molar-refractivity contribution is -0.113. The molecule has 6 heteroatoms. The standard InChI is InChI=1S/C21H21NO3S2/c1-5-25-16-10-9-15(11-17(16)24-4)12-18-20(23)22(21(26)27-18)19-13(2)7-6-8-14(19)3/h6-12H,5H2,1-4H3/b18-12-. The molecule has 0 unspecified atom stereocenters. The largest absolute Gasteiger partial charge is 0.493 e. The van der Waals surface area contributed by atoms with Gasteiger partial charge < -0.3 is 9.47 Å². The average molecular weight is 400 g/mol. The fourth-order valence-electron chi connectivity index (χ4n) is 3.02. The molecule has 1 aliphatic rings. The van der Waals surface area contributed by atoms with Gasteiger partial charge >= 0.3 is 0 Å². The second kappa shape index (κ2) is 8.15. The predicted molar refractivity (Wildman–Crippen MR) is 116 cm³/mol. The van der Waals surface area contributed by atoms with E-state index in [4.69, 9.17) is 21.7 Å². The topological polar surface area (TPSA) is 38.8 Å². The smallest absolute Gasteiger partial charge is 0.270 e. The van der Waals surface area contributed by atoms with E-state index in [1.807, 2.05) is 63.2 Å². The van der Waals surface area contributed by atoms with Gasteiger partial charge in [0.15, 0.2) is 15.8 Å². The maximum atomic E-state index is 13.0. The first-order chi connectivity index (χ1) is 13.0. The molecule has 1 amide bonds. The van der Waals surface area contributed by atoms with Gasteiger partial charge in [0.2, 0.25) is 0 Å². The van der Waals surface area contributed by atoms with Crippen molar-refractivity contribution in [3.05, 3.63) is 58.0 Å². The van der Waals surface area contributed by atoms with Crippen molar-refractivity contribution >= 4 is 46.0 Å². The van der Waals surface area contributed by atoms with Crippen LogP contribution in [-0.2, 0) is 4.79 Å². The number of para-hydroxylation sites is 1. The Hall–Kier alpha value is -2.31. The van der Waals surface area contributed by atoms with E-state index in [1.54, 1.807) is 12.0 Å². The minimum Gasteiger partial charge on any atom is -0.493 e. The number of aryl methyl sites for hydroxylation is 2. The summed E-state index contributed by atoms with van der Waals surface area (Å²) in [4.78, 5) is 15.3. The molecular formula is C21H21NO3S2. The highest BCUT2D eigenvalue weighted by molar-refractivity contribution is 8.27. The molecule has 0 atom stereocenters. The van der Waals surface area contributed by atoms with E-state index in [9.17, 15) is 4.79 Å². The molecule has 27 heavy (non-hydrogen) atoms. The van der Waals surface area contributed by atoms with E-state index in [-0.39, 0.29) is 5.91 Å². The summed E-state index contributed by atoms with van der Waals surface area (Å²) in [7, 11) is 1.60. The third-order valence-corrected chi connectivity index (χ3v) is 5.54. The van der Waals surface area contributed by atoms with Crippen molar-refractivity contribution in [2.75, 3.05) is 18.6 Å². The van der Waals surface area contributed by atoms with Gasteiger partial charge in [-0.05, 0) is 55.7 Å². The van der Waals surface area contributed by atoms with Crippen LogP contribution in [0.2, 0.25) is 0 Å². The minimum absolute atomic E-state index is 0.102. The molecule has 0 saturated carbocycles. The first kappa shape index (κ1) is 19.5. The molecule has 0 aliphatic carbocycles. The maximum Gasteiger partial charge on any atom is 0.270 e. The molecule has 0 spiro atoms. The van der Waals surface area contributed by atoms with Gasteiger partial charge in [0.05, 0.1) is 24.3 Å². The highest BCUT2D eigenvalue weighted by Crippen LogP contribution is 2.39. The van der Waals surface area contributed by atoms with Crippen molar-refractivity contribution in [3.8, 4) is 11.5 Å². The Morgan fingerprint density at radius 3 is 2.48 bits per heavy atom. The molecule has 2 aromatic carbocycles. The normalized spacial score (nSPS) is 15.6. The van der Waals surface area contributed by atoms with Crippen LogP contribution in [0.15, 0.2) is 41.3 Å². The van der Waals surface area contributed by atoms with Crippen molar-refractivity contribution < 1.29 is 14.3 Å². The lowest BCUT2D eigenvalue weighted by Crippen LogP contribution is -2.29. The molecule has 0 aromatic heterocycles. The zero-order valence-corrected chi connectivity index (χ0v) is 17.4. The number of ether oxygens (including phenoxy) is 2. The summed E-state index contributed by atoms with van der Waals surface area (Å²) in [5, 5.41) is 0. The molecule has 1 saturated heterocycles. The van der Waals surface area contributed by atoms with Crippen LogP contribution in [-0.4, -0.2) is 23.9 Å². The summed E-state index contributed by atoms with van der Waals surface area (Å²) in [5.41, 5.74) is 3.77. The van der Waals surface area contributed by atoms with Crippen LogP contribution >= 0.6 is 24.0 Å². The molecule has 4 nitrogen and oxygen atoms in total. The third kappa shape index (κ3) is 3.87. The fraction of sp³-hybridized carbons (Fsp3) is 0.238. The molecule has 1 fully saturated rings. The number of hydrogen-bond acceptors (Lipinski definition) is 5. The molecule has 1 aliphatic heterocycles. The lowest BCUT2D eigenvalue weighted by atomic mass is 10.1. The Morgan fingerprint density at radius 2 is 1.85 bits per heavy atom. The minimum atomic E-state index is -0.102. The maximum absolute atomic E-state index is 13.0. The van der Waals surface area contributed by atoms with Crippen molar-refractivity contribution in [2.24, 2.45) is 0 Å². The Bertz CT molecular complexity index is 917. The number of benzene rings is 2. The molecule has 0 bridgehead atoms. The van der Waals surface area contributed by atoms with E-state index in [0.29, 0.717) is 27.3 Å². The van der Waals surface area contributed by atoms with Crippen LogP contribution in [0.3, 0.4) is 0 Å². The van der Waals surface area contributed by atoms with Crippen LogP contribution in [0.25, 0.3) is 6.08 Å². The Balaban J connectivity index is 1.95. The van der Waals surface area contributed by atoms with Crippen molar-refractivity contribution in [1.82, 2.24) is 0 Å². The number of thiocarbonyl (C=S) groups is 1. The van der Waals surface area contributed by atoms with Crippen LogP contribution in [0.5, 0.6) is 11.5 Å². The molecule has 2 aromatic rings. The molecule has 3 rings (SSSR count). The summed E-state index contributed by atoms with van der Waals surface area (Å²) in [6.07, 6.45) is 1.84. The number of carbonyl (C=O) groups excluding carboxylic acids is 1. The Labute approximate surface area is 169 Å². The van der Waals surface area contributed by atoms with Gasteiger partial charge in [-0.3, -0.25) is 9.69 Å². The fourth-order valence-corrected chi connectivity index (χ4v) is 4.29. The summed E-state index contributed by atoms with van der Waals surface area (Å²) in [6, 6.07) is 11.6. The number of methoxy groups -OCH3 is 1. The van der Waals surface area contributed by atoms with Crippen molar-refractivity contribution in [1.29, 1.82) is 0 Å². The van der Waals surface area contributed by atoms with Gasteiger partial charge in [0.1, 0.15) is 0 Å². The second-order valence-corrected chi connectivity index (χ2v) is 7.78. The SMILES string of the molecule is CCOc1ccc(/C=C2\SC(=S)N(c3c(C)cccc3C)C2=O)cc1OC. The number of amides is 1. The summed E-state index contributed by atoms with van der Waals surface area (Å²) in [5.74, 6) is 1.21. The summed E-state index contributed by atoms with van der Waals surface area (Å²) in [6.45, 7) is 6.46. The molecule has 0 N–H and O–H groups in total. The number of anilines is 1. The van der Waals surface area contributed by atoms with Gasteiger partial charge in [0, 0.05) is 0 Å². The van der Waals surface area contributed by atoms with E-state index >= 15 is 0 Å². The third-order valence-electron chi connectivity index (χ3n) is 4.24. The highest BCUT2D eigenvalue weighted by atomic mass is 32.2. The zero-order valence-electron chi connectivity index (χ0n) is 15.7. The summed E-state index contributed by atoms with van der Waals surface area (Å²) >= 11 is 6.81. The van der Waals surface area contributed by atoms with Gasteiger partial charge in [-0.15, -0.1) is 0 Å². The van der Waals surface area contributed by atoms with Crippen LogP contribution in [0.4, 0.5) is 5.69 Å². The van der Waals surface area contributed by atoms with E-state index < -0.39 is 0 Å². The van der Waals surface area contributed by atoms with Crippen molar-refractivity contribution in [2.45, 2.75) is 20.8 Å². The van der Waals surface area contributed by atoms with Gasteiger partial charge in [-0.1, -0.05) is 48.2 Å². The highest BCUT2D eigenvalue weighted by Gasteiger charge is 2.34. The van der Waals surface area contributed by atoms with Gasteiger partial charge in [-0.2, -0.15) is 0 Å². The molecule has 0 radical (unpaired) electrons. The van der Waals surface area contributed by atoms with Crippen molar-refractivity contribution in [3.63, 3.8) is 0 Å². The van der Waals surface area contributed by atoms with Crippen LogP contribution < -0.4 is 14.4 Å². The number of rotatable bonds is 5. The van der Waals surface area contributed by atoms with E-state index in [0.717, 1.165) is 22.4 Å². The number of hydrogen-bond donors (Lipinski definition) is 0. The monoisotopic (exact) mass is 399 g/mol. The Kier molecular flexibility index (Phi) is 5.87.